The number of amides is 1. The molecule has 0 bridgehead atoms. The SMILES string of the molecule is CNC(=O)c1cc(N(C)CC2CCCNC2)ccn1. The summed E-state index contributed by atoms with van der Waals surface area (Å²) in [4.78, 5) is 17.9. The van der Waals surface area contributed by atoms with E-state index < -0.39 is 0 Å². The van der Waals surface area contributed by atoms with Gasteiger partial charge in [-0.3, -0.25) is 9.78 Å². The summed E-state index contributed by atoms with van der Waals surface area (Å²) >= 11 is 0. The van der Waals surface area contributed by atoms with Crippen molar-refractivity contribution < 1.29 is 4.79 Å². The maximum atomic E-state index is 11.6. The van der Waals surface area contributed by atoms with Crippen molar-refractivity contribution >= 4 is 11.6 Å². The van der Waals surface area contributed by atoms with Crippen molar-refractivity contribution in [1.29, 1.82) is 0 Å². The second kappa shape index (κ2) is 6.52. The number of hydrogen-bond acceptors (Lipinski definition) is 4. The summed E-state index contributed by atoms with van der Waals surface area (Å²) in [5, 5.41) is 6.03. The lowest BCUT2D eigenvalue weighted by Gasteiger charge is -2.29. The second-order valence-corrected chi connectivity index (χ2v) is 5.07. The molecule has 5 heteroatoms. The van der Waals surface area contributed by atoms with Crippen molar-refractivity contribution in [2.45, 2.75) is 12.8 Å². The molecule has 0 radical (unpaired) electrons. The molecule has 1 amide bonds. The molecule has 1 saturated heterocycles. The number of rotatable bonds is 4. The molecule has 5 nitrogen and oxygen atoms in total. The maximum Gasteiger partial charge on any atom is 0.269 e. The number of hydrogen-bond donors (Lipinski definition) is 2. The number of pyridine rings is 1. The summed E-state index contributed by atoms with van der Waals surface area (Å²) in [5.41, 5.74) is 1.51. The molecule has 0 saturated carbocycles. The van der Waals surface area contributed by atoms with Gasteiger partial charge in [-0.1, -0.05) is 0 Å². The highest BCUT2D eigenvalue weighted by atomic mass is 16.1. The van der Waals surface area contributed by atoms with Gasteiger partial charge in [0, 0.05) is 32.5 Å². The van der Waals surface area contributed by atoms with Crippen LogP contribution in [0, 0.1) is 5.92 Å². The molecule has 1 aromatic rings. The third-order valence-electron chi connectivity index (χ3n) is 3.57. The Kier molecular flexibility index (Phi) is 4.74. The topological polar surface area (TPSA) is 57.3 Å². The smallest absolute Gasteiger partial charge is 0.269 e. The van der Waals surface area contributed by atoms with Gasteiger partial charge < -0.3 is 15.5 Å². The number of nitrogens with one attached hydrogen (secondary N) is 2. The number of carbonyl (C=O) groups is 1. The molecule has 104 valence electrons. The lowest BCUT2D eigenvalue weighted by Crippen LogP contribution is -2.37. The van der Waals surface area contributed by atoms with Crippen molar-refractivity contribution in [3.63, 3.8) is 0 Å². The minimum absolute atomic E-state index is 0.144. The summed E-state index contributed by atoms with van der Waals surface area (Å²) in [6, 6.07) is 3.79. The van der Waals surface area contributed by atoms with E-state index in [1.165, 1.54) is 12.8 Å². The number of anilines is 1. The summed E-state index contributed by atoms with van der Waals surface area (Å²) in [6.07, 6.45) is 4.21. The predicted molar refractivity (Wildman–Crippen MR) is 76.5 cm³/mol. The lowest BCUT2D eigenvalue weighted by molar-refractivity contribution is 0.0958. The van der Waals surface area contributed by atoms with E-state index in [-0.39, 0.29) is 5.91 Å². The Morgan fingerprint density at radius 3 is 3.16 bits per heavy atom. The van der Waals surface area contributed by atoms with Crippen LogP contribution < -0.4 is 15.5 Å². The quantitative estimate of drug-likeness (QED) is 0.845. The Bertz CT molecular complexity index is 429. The minimum atomic E-state index is -0.144. The van der Waals surface area contributed by atoms with Gasteiger partial charge in [0.05, 0.1) is 0 Å². The summed E-state index contributed by atoms with van der Waals surface area (Å²) in [6.45, 7) is 3.22. The fraction of sp³-hybridized carbons (Fsp3) is 0.571. The first-order valence-electron chi connectivity index (χ1n) is 6.80. The van der Waals surface area contributed by atoms with E-state index in [1.807, 2.05) is 12.1 Å². The van der Waals surface area contributed by atoms with E-state index in [4.69, 9.17) is 0 Å². The molecule has 2 N–H and O–H groups in total. The van der Waals surface area contributed by atoms with Crippen molar-refractivity contribution in [3.8, 4) is 0 Å². The van der Waals surface area contributed by atoms with E-state index >= 15 is 0 Å². The number of nitrogens with zero attached hydrogens (tertiary/aromatic N) is 2. The number of carbonyl (C=O) groups excluding carboxylic acids is 1. The average molecular weight is 262 g/mol. The first-order valence-corrected chi connectivity index (χ1v) is 6.80. The summed E-state index contributed by atoms with van der Waals surface area (Å²) < 4.78 is 0. The maximum absolute atomic E-state index is 11.6. The van der Waals surface area contributed by atoms with Gasteiger partial charge in [0.1, 0.15) is 5.69 Å². The second-order valence-electron chi connectivity index (χ2n) is 5.07. The molecule has 0 spiro atoms. The van der Waals surface area contributed by atoms with E-state index in [0.717, 1.165) is 25.3 Å². The van der Waals surface area contributed by atoms with Gasteiger partial charge in [0.2, 0.25) is 0 Å². The van der Waals surface area contributed by atoms with Crippen molar-refractivity contribution in [3.05, 3.63) is 24.0 Å². The Morgan fingerprint density at radius 1 is 1.63 bits per heavy atom. The van der Waals surface area contributed by atoms with Crippen LogP contribution in [-0.2, 0) is 0 Å². The van der Waals surface area contributed by atoms with E-state index in [9.17, 15) is 4.79 Å². The van der Waals surface area contributed by atoms with E-state index in [2.05, 4.69) is 27.6 Å². The zero-order valence-corrected chi connectivity index (χ0v) is 11.6. The highest BCUT2D eigenvalue weighted by Crippen LogP contribution is 2.17. The fourth-order valence-corrected chi connectivity index (χ4v) is 2.48. The van der Waals surface area contributed by atoms with Crippen LogP contribution in [-0.4, -0.2) is 44.6 Å². The molecule has 1 fully saturated rings. The Hall–Kier alpha value is -1.62. The molecule has 1 atom stereocenters. The van der Waals surface area contributed by atoms with Crippen LogP contribution in [0.5, 0.6) is 0 Å². The first-order chi connectivity index (χ1) is 9.20. The minimum Gasteiger partial charge on any atom is -0.374 e. The molecule has 1 unspecified atom stereocenters. The van der Waals surface area contributed by atoms with E-state index in [1.54, 1.807) is 13.2 Å². The van der Waals surface area contributed by atoms with Gasteiger partial charge in [0.25, 0.3) is 5.91 Å². The van der Waals surface area contributed by atoms with Crippen molar-refractivity contribution in [1.82, 2.24) is 15.6 Å². The lowest BCUT2D eigenvalue weighted by atomic mass is 9.99. The largest absolute Gasteiger partial charge is 0.374 e. The molecule has 2 heterocycles. The van der Waals surface area contributed by atoms with Crippen LogP contribution in [0.3, 0.4) is 0 Å². The highest BCUT2D eigenvalue weighted by Gasteiger charge is 2.16. The molecule has 1 aromatic heterocycles. The van der Waals surface area contributed by atoms with E-state index in [0.29, 0.717) is 11.6 Å². The van der Waals surface area contributed by atoms with Gasteiger partial charge >= 0.3 is 0 Å². The van der Waals surface area contributed by atoms with Gasteiger partial charge in [-0.2, -0.15) is 0 Å². The molecule has 19 heavy (non-hydrogen) atoms. The molecule has 1 aliphatic heterocycles. The molecule has 0 aromatic carbocycles. The average Bonchev–Trinajstić information content (AvgIpc) is 2.47. The van der Waals surface area contributed by atoms with Crippen LogP contribution in [0.1, 0.15) is 23.3 Å². The Labute approximate surface area is 114 Å². The van der Waals surface area contributed by atoms with Gasteiger partial charge in [-0.25, -0.2) is 0 Å². The monoisotopic (exact) mass is 262 g/mol. The molecular weight excluding hydrogens is 240 g/mol. The summed E-state index contributed by atoms with van der Waals surface area (Å²) in [7, 11) is 3.69. The molecular formula is C14H22N4O. The fourth-order valence-electron chi connectivity index (χ4n) is 2.48. The van der Waals surface area contributed by atoms with Crippen molar-refractivity contribution in [2.75, 3.05) is 38.6 Å². The first kappa shape index (κ1) is 13.8. The third kappa shape index (κ3) is 3.67. The van der Waals surface area contributed by atoms with Crippen LogP contribution in [0.2, 0.25) is 0 Å². The van der Waals surface area contributed by atoms with Crippen LogP contribution in [0.15, 0.2) is 18.3 Å². The normalized spacial score (nSPS) is 18.9. The number of aromatic nitrogens is 1. The zero-order valence-electron chi connectivity index (χ0n) is 11.6. The van der Waals surface area contributed by atoms with Gasteiger partial charge in [-0.05, 0) is 44.0 Å². The van der Waals surface area contributed by atoms with Gasteiger partial charge in [-0.15, -0.1) is 0 Å². The predicted octanol–water partition coefficient (Wildman–Crippen LogP) is 0.877. The zero-order chi connectivity index (χ0) is 13.7. The number of piperidine rings is 1. The van der Waals surface area contributed by atoms with Crippen LogP contribution >= 0.6 is 0 Å². The van der Waals surface area contributed by atoms with Crippen molar-refractivity contribution in [2.24, 2.45) is 5.92 Å². The Morgan fingerprint density at radius 2 is 2.47 bits per heavy atom. The van der Waals surface area contributed by atoms with Crippen LogP contribution in [0.4, 0.5) is 5.69 Å². The third-order valence-corrected chi connectivity index (χ3v) is 3.57. The standard InChI is InChI=1S/C14H22N4O/c1-15-14(19)13-8-12(5-7-17-13)18(2)10-11-4-3-6-16-9-11/h5,7-8,11,16H,3-4,6,9-10H2,1-2H3,(H,15,19). The highest BCUT2D eigenvalue weighted by molar-refractivity contribution is 5.92. The van der Waals surface area contributed by atoms with Gasteiger partial charge in [0.15, 0.2) is 0 Å². The molecule has 1 aliphatic rings. The molecule has 2 rings (SSSR count). The molecule has 0 aliphatic carbocycles. The Balaban J connectivity index is 2.01. The summed E-state index contributed by atoms with van der Waals surface area (Å²) in [5.74, 6) is 0.532. The van der Waals surface area contributed by atoms with Crippen LogP contribution in [0.25, 0.3) is 0 Å².